The summed E-state index contributed by atoms with van der Waals surface area (Å²) in [7, 11) is 3.89. The maximum absolute atomic E-state index is 13.8. The average molecular weight is 339 g/mol. The molecule has 2 amide bonds. The molecular formula is C18H27F2N3O. The molecule has 1 aromatic rings. The smallest absolute Gasteiger partial charge is 0.317 e. The molecule has 4 nitrogen and oxygen atoms in total. The number of halogens is 2. The molecule has 0 radical (unpaired) electrons. The molecule has 24 heavy (non-hydrogen) atoms. The summed E-state index contributed by atoms with van der Waals surface area (Å²) < 4.78 is 26.7. The molecular weight excluding hydrogens is 312 g/mol. The van der Waals surface area contributed by atoms with Crippen LogP contribution in [0.1, 0.15) is 31.2 Å². The molecule has 0 spiro atoms. The van der Waals surface area contributed by atoms with Crippen LogP contribution in [0.3, 0.4) is 0 Å². The summed E-state index contributed by atoms with van der Waals surface area (Å²) in [5, 5.41) is 2.84. The molecule has 2 rings (SSSR count). The van der Waals surface area contributed by atoms with Crippen LogP contribution in [0, 0.1) is 17.6 Å². The number of carbonyl (C=O) groups excluding carboxylic acids is 1. The van der Waals surface area contributed by atoms with Crippen molar-refractivity contribution in [3.05, 3.63) is 35.4 Å². The fourth-order valence-corrected chi connectivity index (χ4v) is 3.28. The second kappa shape index (κ2) is 8.42. The Hall–Kier alpha value is -1.69. The largest absolute Gasteiger partial charge is 0.337 e. The second-order valence-corrected chi connectivity index (χ2v) is 6.90. The number of amides is 2. The molecule has 0 saturated carbocycles. The second-order valence-electron chi connectivity index (χ2n) is 6.90. The number of hydrogen-bond acceptors (Lipinski definition) is 2. The summed E-state index contributed by atoms with van der Waals surface area (Å²) in [6, 6.07) is 3.39. The van der Waals surface area contributed by atoms with Crippen LogP contribution >= 0.6 is 0 Å². The zero-order chi connectivity index (χ0) is 17.7. The molecule has 0 bridgehead atoms. The Labute approximate surface area is 142 Å². The lowest BCUT2D eigenvalue weighted by Crippen LogP contribution is -2.44. The van der Waals surface area contributed by atoms with E-state index in [1.54, 1.807) is 11.9 Å². The van der Waals surface area contributed by atoms with Crippen molar-refractivity contribution in [2.24, 2.45) is 5.92 Å². The minimum absolute atomic E-state index is 0.155. The van der Waals surface area contributed by atoms with E-state index in [0.29, 0.717) is 18.0 Å². The van der Waals surface area contributed by atoms with Crippen molar-refractivity contribution in [3.63, 3.8) is 0 Å². The summed E-state index contributed by atoms with van der Waals surface area (Å²) >= 11 is 0. The van der Waals surface area contributed by atoms with Gasteiger partial charge in [-0.05, 0) is 44.0 Å². The average Bonchev–Trinajstić information content (AvgIpc) is 2.52. The lowest BCUT2D eigenvalue weighted by Gasteiger charge is -2.32. The molecule has 0 aliphatic carbocycles. The first-order chi connectivity index (χ1) is 11.4. The topological polar surface area (TPSA) is 35.6 Å². The Morgan fingerprint density at radius 1 is 1.46 bits per heavy atom. The highest BCUT2D eigenvalue weighted by Crippen LogP contribution is 2.19. The Bertz CT molecular complexity index is 567. The van der Waals surface area contributed by atoms with Gasteiger partial charge in [0.1, 0.15) is 11.6 Å². The molecule has 0 unspecified atom stereocenters. The monoisotopic (exact) mass is 339 g/mol. The number of nitrogens with zero attached hydrogens (tertiary/aromatic N) is 2. The molecule has 1 saturated heterocycles. The molecule has 1 heterocycles. The van der Waals surface area contributed by atoms with Crippen molar-refractivity contribution >= 4 is 6.03 Å². The summed E-state index contributed by atoms with van der Waals surface area (Å²) in [5.74, 6) is -0.893. The van der Waals surface area contributed by atoms with Crippen LogP contribution in [-0.4, -0.2) is 56.1 Å². The first-order valence-electron chi connectivity index (χ1n) is 8.49. The number of likely N-dealkylation sites (tertiary alicyclic amines) is 1. The molecule has 0 aromatic heterocycles. The maximum atomic E-state index is 13.8. The van der Waals surface area contributed by atoms with Crippen LogP contribution in [0.25, 0.3) is 0 Å². The first kappa shape index (κ1) is 18.6. The van der Waals surface area contributed by atoms with Crippen LogP contribution < -0.4 is 5.32 Å². The van der Waals surface area contributed by atoms with E-state index in [4.69, 9.17) is 0 Å². The van der Waals surface area contributed by atoms with Gasteiger partial charge >= 0.3 is 6.03 Å². The summed E-state index contributed by atoms with van der Waals surface area (Å²) in [5.41, 5.74) is 0.410. The first-order valence-corrected chi connectivity index (χ1v) is 8.49. The fraction of sp³-hybridized carbons (Fsp3) is 0.611. The van der Waals surface area contributed by atoms with Crippen molar-refractivity contribution < 1.29 is 13.6 Å². The van der Waals surface area contributed by atoms with Crippen molar-refractivity contribution in [1.82, 2.24) is 15.1 Å². The number of nitrogens with one attached hydrogen (secondary N) is 1. The highest BCUT2D eigenvalue weighted by molar-refractivity contribution is 5.73. The fourth-order valence-electron chi connectivity index (χ4n) is 3.28. The predicted molar refractivity (Wildman–Crippen MR) is 91.0 cm³/mol. The zero-order valence-electron chi connectivity index (χ0n) is 14.7. The van der Waals surface area contributed by atoms with Gasteiger partial charge in [0.05, 0.1) is 0 Å². The van der Waals surface area contributed by atoms with E-state index < -0.39 is 11.6 Å². The third-order valence-electron chi connectivity index (χ3n) is 4.65. The van der Waals surface area contributed by atoms with Crippen LogP contribution in [0.2, 0.25) is 0 Å². The lowest BCUT2D eigenvalue weighted by molar-refractivity contribution is 0.163. The van der Waals surface area contributed by atoms with Crippen LogP contribution in [-0.2, 0) is 0 Å². The normalized spacial score (nSPS) is 19.8. The van der Waals surface area contributed by atoms with E-state index in [9.17, 15) is 13.6 Å². The number of carbonyl (C=O) groups is 1. The molecule has 1 aromatic carbocycles. The van der Waals surface area contributed by atoms with Crippen LogP contribution in [0.4, 0.5) is 13.6 Å². The number of urea groups is 1. The van der Waals surface area contributed by atoms with E-state index in [-0.39, 0.29) is 11.9 Å². The van der Waals surface area contributed by atoms with Crippen molar-refractivity contribution in [1.29, 1.82) is 0 Å². The molecule has 6 heteroatoms. The van der Waals surface area contributed by atoms with E-state index in [1.165, 1.54) is 12.1 Å². The molecule has 134 valence electrons. The van der Waals surface area contributed by atoms with E-state index in [0.717, 1.165) is 38.5 Å². The van der Waals surface area contributed by atoms with E-state index >= 15 is 0 Å². The van der Waals surface area contributed by atoms with Gasteiger partial charge in [-0.25, -0.2) is 13.6 Å². The number of hydrogen-bond donors (Lipinski definition) is 1. The van der Waals surface area contributed by atoms with Gasteiger partial charge in [-0.1, -0.05) is 13.0 Å². The predicted octanol–water partition coefficient (Wildman–Crippen LogP) is 3.05. The zero-order valence-corrected chi connectivity index (χ0v) is 14.7. The van der Waals surface area contributed by atoms with Gasteiger partial charge in [-0.15, -0.1) is 0 Å². The lowest BCUT2D eigenvalue weighted by atomic mass is 9.98. The van der Waals surface area contributed by atoms with Gasteiger partial charge < -0.3 is 15.1 Å². The Morgan fingerprint density at radius 2 is 2.21 bits per heavy atom. The Kier molecular flexibility index (Phi) is 6.54. The van der Waals surface area contributed by atoms with Gasteiger partial charge in [0.25, 0.3) is 0 Å². The Morgan fingerprint density at radius 3 is 2.88 bits per heavy atom. The van der Waals surface area contributed by atoms with Crippen molar-refractivity contribution in [3.8, 4) is 0 Å². The quantitative estimate of drug-likeness (QED) is 0.895. The summed E-state index contributed by atoms with van der Waals surface area (Å²) in [6.07, 6.45) is 2.30. The van der Waals surface area contributed by atoms with Gasteiger partial charge in [-0.2, -0.15) is 0 Å². The Balaban J connectivity index is 1.81. The minimum Gasteiger partial charge on any atom is -0.337 e. The third-order valence-corrected chi connectivity index (χ3v) is 4.65. The molecule has 2 atom stereocenters. The molecule has 1 aliphatic rings. The maximum Gasteiger partial charge on any atom is 0.317 e. The van der Waals surface area contributed by atoms with Crippen LogP contribution in [0.5, 0.6) is 0 Å². The van der Waals surface area contributed by atoms with Gasteiger partial charge in [0, 0.05) is 38.7 Å². The van der Waals surface area contributed by atoms with Crippen molar-refractivity contribution in [2.75, 3.05) is 40.3 Å². The summed E-state index contributed by atoms with van der Waals surface area (Å²) in [4.78, 5) is 16.2. The number of rotatable bonds is 5. The standard InChI is InChI=1S/C18H27F2N3O/c1-13(16-7-6-15(19)9-17(16)20)10-21-18(24)23(3)12-14-5-4-8-22(2)11-14/h6-7,9,13-14H,4-5,8,10-12H2,1-3H3,(H,21,24)/t13-,14+/m1/s1. The molecule has 1 N–H and O–H groups in total. The highest BCUT2D eigenvalue weighted by atomic mass is 19.1. The third kappa shape index (κ3) is 5.16. The number of benzene rings is 1. The molecule has 1 aliphatic heterocycles. The SMILES string of the molecule is C[C@H](CNC(=O)N(C)C[C@H]1CCCN(C)C1)c1ccc(F)cc1F. The van der Waals surface area contributed by atoms with E-state index in [1.807, 2.05) is 6.92 Å². The highest BCUT2D eigenvalue weighted by Gasteiger charge is 2.21. The van der Waals surface area contributed by atoms with Crippen LogP contribution in [0.15, 0.2) is 18.2 Å². The van der Waals surface area contributed by atoms with Gasteiger partial charge in [-0.3, -0.25) is 0 Å². The summed E-state index contributed by atoms with van der Waals surface area (Å²) in [6.45, 7) is 4.97. The van der Waals surface area contributed by atoms with E-state index in [2.05, 4.69) is 17.3 Å². The molecule has 1 fully saturated rings. The number of piperidine rings is 1. The van der Waals surface area contributed by atoms with Gasteiger partial charge in [0.15, 0.2) is 0 Å². The van der Waals surface area contributed by atoms with Gasteiger partial charge in [0.2, 0.25) is 0 Å². The minimum atomic E-state index is -0.593. The van der Waals surface area contributed by atoms with Crippen molar-refractivity contribution in [2.45, 2.75) is 25.7 Å².